The van der Waals surface area contributed by atoms with E-state index < -0.39 is 0 Å². The molecule has 98 valence electrons. The number of rotatable bonds is 4. The second kappa shape index (κ2) is 7.22. The van der Waals surface area contributed by atoms with Crippen LogP contribution in [0.2, 0.25) is 0 Å². The van der Waals surface area contributed by atoms with E-state index in [2.05, 4.69) is 43.1 Å². The van der Waals surface area contributed by atoms with Crippen molar-refractivity contribution in [2.24, 2.45) is 0 Å². The fourth-order valence-corrected chi connectivity index (χ4v) is 2.84. The first-order valence-electron chi connectivity index (χ1n) is 6.64. The Morgan fingerprint density at radius 2 is 2.00 bits per heavy atom. The van der Waals surface area contributed by atoms with Crippen LogP contribution in [-0.4, -0.2) is 7.05 Å². The fourth-order valence-electron chi connectivity index (χ4n) is 1.80. The molecule has 0 aliphatic carbocycles. The highest BCUT2D eigenvalue weighted by Crippen LogP contribution is 2.33. The number of thiophene rings is 1. The zero-order valence-corrected chi connectivity index (χ0v) is 12.7. The molecular weight excluding hydrogens is 238 g/mol. The first-order chi connectivity index (χ1) is 8.74. The molecule has 18 heavy (non-hydrogen) atoms. The summed E-state index contributed by atoms with van der Waals surface area (Å²) in [4.78, 5) is 1.32. The predicted molar refractivity (Wildman–Crippen MR) is 86.7 cm³/mol. The Morgan fingerprint density at radius 3 is 2.61 bits per heavy atom. The highest BCUT2D eigenvalue weighted by molar-refractivity contribution is 7.20. The van der Waals surface area contributed by atoms with Gasteiger partial charge in [-0.25, -0.2) is 0 Å². The van der Waals surface area contributed by atoms with Crippen molar-refractivity contribution in [2.45, 2.75) is 33.6 Å². The van der Waals surface area contributed by atoms with Crippen molar-refractivity contribution < 1.29 is 0 Å². The van der Waals surface area contributed by atoms with Gasteiger partial charge in [0.2, 0.25) is 0 Å². The van der Waals surface area contributed by atoms with Crippen molar-refractivity contribution in [3.05, 3.63) is 35.7 Å². The van der Waals surface area contributed by atoms with Crippen LogP contribution in [0, 0.1) is 0 Å². The summed E-state index contributed by atoms with van der Waals surface area (Å²) in [5, 5.41) is 4.47. The molecule has 1 aromatic heterocycles. The third kappa shape index (κ3) is 3.36. The Morgan fingerprint density at radius 1 is 1.28 bits per heavy atom. The van der Waals surface area contributed by atoms with Crippen LogP contribution in [0.1, 0.15) is 38.5 Å². The SMILES string of the molecule is C=C(CCC)c1cc2cc(NC)ccc2s1.CC. The van der Waals surface area contributed by atoms with Crippen molar-refractivity contribution in [1.29, 1.82) is 0 Å². The van der Waals surface area contributed by atoms with E-state index in [1.165, 1.54) is 20.5 Å². The minimum absolute atomic E-state index is 1.09. The third-order valence-electron chi connectivity index (χ3n) is 2.71. The molecule has 1 aromatic carbocycles. The Balaban J connectivity index is 0.000000771. The first kappa shape index (κ1) is 14.8. The first-order valence-corrected chi connectivity index (χ1v) is 7.45. The van der Waals surface area contributed by atoms with Crippen molar-refractivity contribution in [1.82, 2.24) is 0 Å². The normalized spacial score (nSPS) is 9.78. The molecule has 0 bridgehead atoms. The van der Waals surface area contributed by atoms with Gasteiger partial charge in [0, 0.05) is 22.3 Å². The molecule has 0 saturated carbocycles. The predicted octanol–water partition coefficient (Wildman–Crippen LogP) is 5.78. The van der Waals surface area contributed by atoms with Gasteiger partial charge in [-0.05, 0) is 41.6 Å². The second-order valence-corrected chi connectivity index (χ2v) is 5.05. The molecule has 1 heterocycles. The van der Waals surface area contributed by atoms with E-state index in [-0.39, 0.29) is 0 Å². The summed E-state index contributed by atoms with van der Waals surface area (Å²) in [6.07, 6.45) is 2.25. The van der Waals surface area contributed by atoms with Gasteiger partial charge in [-0.3, -0.25) is 0 Å². The zero-order chi connectivity index (χ0) is 13.5. The van der Waals surface area contributed by atoms with E-state index in [9.17, 15) is 0 Å². The fraction of sp³-hybridized carbons (Fsp3) is 0.375. The summed E-state index contributed by atoms with van der Waals surface area (Å²) in [5.41, 5.74) is 2.42. The molecule has 0 fully saturated rings. The van der Waals surface area contributed by atoms with Crippen LogP contribution in [-0.2, 0) is 0 Å². The van der Waals surface area contributed by atoms with Crippen molar-refractivity contribution in [3.8, 4) is 0 Å². The molecule has 0 atom stereocenters. The van der Waals surface area contributed by atoms with Crippen LogP contribution in [0.25, 0.3) is 15.7 Å². The van der Waals surface area contributed by atoms with E-state index in [1.807, 2.05) is 32.2 Å². The molecule has 0 aliphatic rings. The Kier molecular flexibility index (Phi) is 5.93. The van der Waals surface area contributed by atoms with E-state index in [1.54, 1.807) is 0 Å². The average molecular weight is 261 g/mol. The molecule has 0 spiro atoms. The van der Waals surface area contributed by atoms with Gasteiger partial charge in [-0.15, -0.1) is 11.3 Å². The minimum atomic E-state index is 1.09. The van der Waals surface area contributed by atoms with Crippen molar-refractivity contribution in [3.63, 3.8) is 0 Å². The van der Waals surface area contributed by atoms with E-state index >= 15 is 0 Å². The zero-order valence-electron chi connectivity index (χ0n) is 11.8. The van der Waals surface area contributed by atoms with Crippen LogP contribution < -0.4 is 5.32 Å². The lowest BCUT2D eigenvalue weighted by molar-refractivity contribution is 0.978. The van der Waals surface area contributed by atoms with Gasteiger partial charge in [0.05, 0.1) is 0 Å². The van der Waals surface area contributed by atoms with Gasteiger partial charge in [0.1, 0.15) is 0 Å². The van der Waals surface area contributed by atoms with Crippen LogP contribution in [0.5, 0.6) is 0 Å². The van der Waals surface area contributed by atoms with E-state index in [4.69, 9.17) is 0 Å². The maximum absolute atomic E-state index is 4.15. The van der Waals surface area contributed by atoms with Gasteiger partial charge in [0.25, 0.3) is 0 Å². The summed E-state index contributed by atoms with van der Waals surface area (Å²) in [6, 6.07) is 8.73. The summed E-state index contributed by atoms with van der Waals surface area (Å²) in [5.74, 6) is 0. The summed E-state index contributed by atoms with van der Waals surface area (Å²) < 4.78 is 1.34. The molecule has 2 rings (SSSR count). The minimum Gasteiger partial charge on any atom is -0.388 e. The Hall–Kier alpha value is -1.28. The van der Waals surface area contributed by atoms with Crippen LogP contribution in [0.3, 0.4) is 0 Å². The number of anilines is 1. The van der Waals surface area contributed by atoms with Gasteiger partial charge >= 0.3 is 0 Å². The third-order valence-corrected chi connectivity index (χ3v) is 3.92. The van der Waals surface area contributed by atoms with E-state index in [0.717, 1.165) is 18.5 Å². The van der Waals surface area contributed by atoms with Crippen LogP contribution in [0.4, 0.5) is 5.69 Å². The highest BCUT2D eigenvalue weighted by atomic mass is 32.1. The molecule has 0 radical (unpaired) electrons. The summed E-state index contributed by atoms with van der Waals surface area (Å²) in [6.45, 7) is 10.3. The summed E-state index contributed by atoms with van der Waals surface area (Å²) >= 11 is 1.84. The molecule has 2 aromatic rings. The van der Waals surface area contributed by atoms with Crippen LogP contribution >= 0.6 is 11.3 Å². The molecule has 1 N–H and O–H groups in total. The Bertz CT molecular complexity index is 511. The molecule has 0 aliphatic heterocycles. The smallest absolute Gasteiger partial charge is 0.0350 e. The second-order valence-electron chi connectivity index (χ2n) is 3.97. The van der Waals surface area contributed by atoms with E-state index in [0.29, 0.717) is 0 Å². The maximum atomic E-state index is 4.15. The topological polar surface area (TPSA) is 12.0 Å². The number of fused-ring (bicyclic) bond motifs is 1. The Labute approximate surface area is 115 Å². The van der Waals surface area contributed by atoms with Gasteiger partial charge < -0.3 is 5.32 Å². The standard InChI is InChI=1S/C14H17NS.C2H6/c1-4-5-10(2)14-9-11-8-12(15-3)6-7-13(11)16-14;1-2/h6-9,15H,2,4-5H2,1,3H3;1-2H3. The monoisotopic (exact) mass is 261 g/mol. The number of allylic oxidation sites excluding steroid dienone is 1. The quantitative estimate of drug-likeness (QED) is 0.735. The van der Waals surface area contributed by atoms with Crippen molar-refractivity contribution >= 4 is 32.7 Å². The van der Waals surface area contributed by atoms with Crippen LogP contribution in [0.15, 0.2) is 30.8 Å². The summed E-state index contributed by atoms with van der Waals surface area (Å²) in [7, 11) is 1.95. The molecule has 0 amide bonds. The number of nitrogens with one attached hydrogen (secondary N) is 1. The number of hydrogen-bond acceptors (Lipinski definition) is 2. The lowest BCUT2D eigenvalue weighted by Gasteiger charge is -1.97. The average Bonchev–Trinajstić information content (AvgIpc) is 2.84. The molecule has 1 nitrogen and oxygen atoms in total. The number of hydrogen-bond donors (Lipinski definition) is 1. The van der Waals surface area contributed by atoms with Crippen molar-refractivity contribution in [2.75, 3.05) is 12.4 Å². The number of benzene rings is 1. The van der Waals surface area contributed by atoms with Gasteiger partial charge in [-0.1, -0.05) is 33.8 Å². The highest BCUT2D eigenvalue weighted by Gasteiger charge is 2.04. The molecular formula is C16H23NS. The molecule has 0 saturated heterocycles. The lowest BCUT2D eigenvalue weighted by atomic mass is 10.1. The largest absolute Gasteiger partial charge is 0.388 e. The molecule has 0 unspecified atom stereocenters. The lowest BCUT2D eigenvalue weighted by Crippen LogP contribution is -1.85. The van der Waals surface area contributed by atoms with Gasteiger partial charge in [-0.2, -0.15) is 0 Å². The molecule has 2 heteroatoms. The van der Waals surface area contributed by atoms with Gasteiger partial charge in [0.15, 0.2) is 0 Å². The maximum Gasteiger partial charge on any atom is 0.0350 e.